The van der Waals surface area contributed by atoms with Gasteiger partial charge in [-0.3, -0.25) is 4.99 Å². The number of halogens is 1. The number of hydrogen-bond acceptors (Lipinski definition) is 4. The first kappa shape index (κ1) is 21.9. The molecule has 0 heterocycles. The monoisotopic (exact) mass is 447 g/mol. The molecule has 0 atom stereocenters. The van der Waals surface area contributed by atoms with Crippen molar-refractivity contribution in [1.29, 1.82) is 0 Å². The van der Waals surface area contributed by atoms with Gasteiger partial charge in [-0.05, 0) is 24.7 Å². The number of hydrogen-bond donors (Lipinski definition) is 2. The van der Waals surface area contributed by atoms with Crippen LogP contribution in [0.2, 0.25) is 0 Å². The number of methoxy groups -OCH3 is 1. The third-order valence-corrected chi connectivity index (χ3v) is 5.96. The smallest absolute Gasteiger partial charge is 0.191 e. The zero-order valence-corrected chi connectivity index (χ0v) is 17.0. The van der Waals surface area contributed by atoms with Crippen LogP contribution in [0.5, 0.6) is 0 Å². The van der Waals surface area contributed by atoms with Crippen molar-refractivity contribution in [2.24, 2.45) is 10.4 Å². The van der Waals surface area contributed by atoms with Crippen LogP contribution in [0.3, 0.4) is 0 Å². The van der Waals surface area contributed by atoms with Crippen molar-refractivity contribution in [3.63, 3.8) is 0 Å². The summed E-state index contributed by atoms with van der Waals surface area (Å²) in [6.45, 7) is 3.69. The maximum absolute atomic E-state index is 11.4. The standard InChI is InChI=1S/C14H29N3O3S.HI/c1-4-21(18,19)11-9-16-13(15-2)17-12-14(6-5-7-14)8-10-20-3;/h4-12H2,1-3H3,(H2,15,16,17);1H. The summed E-state index contributed by atoms with van der Waals surface area (Å²) >= 11 is 0. The molecule has 0 unspecified atom stereocenters. The largest absolute Gasteiger partial charge is 0.385 e. The molecule has 0 aliphatic heterocycles. The molecule has 22 heavy (non-hydrogen) atoms. The van der Waals surface area contributed by atoms with Gasteiger partial charge in [-0.2, -0.15) is 0 Å². The Labute approximate surface area is 151 Å². The second-order valence-corrected chi connectivity index (χ2v) is 8.16. The van der Waals surface area contributed by atoms with Crippen LogP contribution >= 0.6 is 24.0 Å². The lowest BCUT2D eigenvalue weighted by atomic mass is 9.67. The summed E-state index contributed by atoms with van der Waals surface area (Å²) in [6, 6.07) is 0. The molecule has 1 fully saturated rings. The second kappa shape index (κ2) is 10.6. The Morgan fingerprint density at radius 3 is 2.45 bits per heavy atom. The molecule has 0 aromatic carbocycles. The zero-order valence-electron chi connectivity index (χ0n) is 13.9. The molecule has 0 saturated heterocycles. The molecule has 2 N–H and O–H groups in total. The Morgan fingerprint density at radius 2 is 2.00 bits per heavy atom. The Hall–Kier alpha value is -0.0900. The van der Waals surface area contributed by atoms with Crippen molar-refractivity contribution in [1.82, 2.24) is 10.6 Å². The molecule has 6 nitrogen and oxygen atoms in total. The van der Waals surface area contributed by atoms with Crippen LogP contribution in [0.1, 0.15) is 32.6 Å². The van der Waals surface area contributed by atoms with Gasteiger partial charge >= 0.3 is 0 Å². The van der Waals surface area contributed by atoms with Crippen LogP contribution in [-0.2, 0) is 14.6 Å². The van der Waals surface area contributed by atoms with Crippen molar-refractivity contribution in [2.45, 2.75) is 32.6 Å². The minimum Gasteiger partial charge on any atom is -0.385 e. The molecule has 8 heteroatoms. The Morgan fingerprint density at radius 1 is 1.32 bits per heavy atom. The summed E-state index contributed by atoms with van der Waals surface area (Å²) in [6.07, 6.45) is 4.75. The van der Waals surface area contributed by atoms with Crippen molar-refractivity contribution in [3.05, 3.63) is 0 Å². The lowest BCUT2D eigenvalue weighted by molar-refractivity contribution is 0.0733. The highest BCUT2D eigenvalue weighted by Gasteiger charge is 2.36. The molecule has 1 rings (SSSR count). The van der Waals surface area contributed by atoms with Gasteiger partial charge in [0.1, 0.15) is 0 Å². The fourth-order valence-corrected chi connectivity index (χ4v) is 3.17. The van der Waals surface area contributed by atoms with Gasteiger partial charge in [0.15, 0.2) is 15.8 Å². The maximum Gasteiger partial charge on any atom is 0.191 e. The van der Waals surface area contributed by atoms with E-state index in [1.807, 2.05) is 0 Å². The summed E-state index contributed by atoms with van der Waals surface area (Å²) in [7, 11) is 0.497. The summed E-state index contributed by atoms with van der Waals surface area (Å²) in [4.78, 5) is 4.14. The predicted octanol–water partition coefficient (Wildman–Crippen LogP) is 1.41. The topological polar surface area (TPSA) is 79.8 Å². The second-order valence-electron chi connectivity index (χ2n) is 5.69. The van der Waals surface area contributed by atoms with E-state index in [9.17, 15) is 8.42 Å². The number of nitrogens with one attached hydrogen (secondary N) is 2. The van der Waals surface area contributed by atoms with Gasteiger partial charge < -0.3 is 15.4 Å². The van der Waals surface area contributed by atoms with E-state index in [2.05, 4.69) is 15.6 Å². The molecule has 132 valence electrons. The molecule has 1 aliphatic rings. The number of sulfone groups is 1. The molecular formula is C14H30IN3O3S. The molecule has 1 aliphatic carbocycles. The van der Waals surface area contributed by atoms with E-state index in [0.29, 0.717) is 17.9 Å². The van der Waals surface area contributed by atoms with Crippen molar-refractivity contribution in [2.75, 3.05) is 45.4 Å². The average Bonchev–Trinajstić information content (AvgIpc) is 2.43. The molecular weight excluding hydrogens is 417 g/mol. The summed E-state index contributed by atoms with van der Waals surface area (Å²) < 4.78 is 28.1. The van der Waals surface area contributed by atoms with Gasteiger partial charge in [0.25, 0.3) is 0 Å². The fourth-order valence-electron chi connectivity index (χ4n) is 2.47. The van der Waals surface area contributed by atoms with E-state index in [4.69, 9.17) is 4.74 Å². The molecule has 0 radical (unpaired) electrons. The number of guanidine groups is 1. The van der Waals surface area contributed by atoms with Crippen molar-refractivity contribution < 1.29 is 13.2 Å². The normalized spacial score (nSPS) is 17.3. The van der Waals surface area contributed by atoms with Crippen molar-refractivity contribution >= 4 is 39.8 Å². The lowest BCUT2D eigenvalue weighted by Crippen LogP contribution is -2.47. The van der Waals surface area contributed by atoms with Crippen LogP contribution in [-0.4, -0.2) is 59.7 Å². The summed E-state index contributed by atoms with van der Waals surface area (Å²) in [5.74, 6) is 0.991. The zero-order chi connectivity index (χ0) is 15.8. The number of ether oxygens (including phenoxy) is 1. The molecule has 0 aromatic rings. The summed E-state index contributed by atoms with van der Waals surface area (Å²) in [5.41, 5.74) is 0.309. The van der Waals surface area contributed by atoms with Crippen LogP contribution < -0.4 is 10.6 Å². The third-order valence-electron chi connectivity index (χ3n) is 4.25. The highest BCUT2D eigenvalue weighted by molar-refractivity contribution is 14.0. The van der Waals surface area contributed by atoms with Crippen LogP contribution in [0.4, 0.5) is 0 Å². The van der Waals surface area contributed by atoms with Gasteiger partial charge in [-0.25, -0.2) is 8.42 Å². The average molecular weight is 447 g/mol. The quantitative estimate of drug-likeness (QED) is 0.318. The molecule has 0 bridgehead atoms. The molecule has 0 amide bonds. The Kier molecular flexibility index (Phi) is 10.6. The van der Waals surface area contributed by atoms with E-state index in [-0.39, 0.29) is 35.5 Å². The SMILES string of the molecule is CCS(=O)(=O)CCNC(=NC)NCC1(CCOC)CCC1.I. The fraction of sp³-hybridized carbons (Fsp3) is 0.929. The van der Waals surface area contributed by atoms with E-state index in [1.165, 1.54) is 19.3 Å². The van der Waals surface area contributed by atoms with E-state index >= 15 is 0 Å². The minimum absolute atomic E-state index is 0. The lowest BCUT2D eigenvalue weighted by Gasteiger charge is -2.42. The first-order valence-corrected chi connectivity index (χ1v) is 9.43. The van der Waals surface area contributed by atoms with Gasteiger partial charge in [-0.1, -0.05) is 13.3 Å². The van der Waals surface area contributed by atoms with Gasteiger partial charge in [0.2, 0.25) is 0 Å². The van der Waals surface area contributed by atoms with E-state index in [1.54, 1.807) is 21.1 Å². The Bertz CT molecular complexity index is 437. The molecule has 0 spiro atoms. The van der Waals surface area contributed by atoms with Crippen LogP contribution in [0.15, 0.2) is 4.99 Å². The first-order valence-electron chi connectivity index (χ1n) is 7.61. The number of aliphatic imine (C=N–C) groups is 1. The highest BCUT2D eigenvalue weighted by Crippen LogP contribution is 2.43. The van der Waals surface area contributed by atoms with E-state index < -0.39 is 9.84 Å². The minimum atomic E-state index is -2.93. The van der Waals surface area contributed by atoms with Gasteiger partial charge in [0.05, 0.1) is 5.75 Å². The maximum atomic E-state index is 11.4. The third kappa shape index (κ3) is 7.45. The summed E-state index contributed by atoms with van der Waals surface area (Å²) in [5, 5.41) is 6.38. The predicted molar refractivity (Wildman–Crippen MR) is 102 cm³/mol. The van der Waals surface area contributed by atoms with Crippen LogP contribution in [0.25, 0.3) is 0 Å². The highest BCUT2D eigenvalue weighted by atomic mass is 127. The van der Waals surface area contributed by atoms with Gasteiger partial charge in [-0.15, -0.1) is 24.0 Å². The Balaban J connectivity index is 0.00000441. The first-order chi connectivity index (χ1) is 9.97. The molecule has 0 aromatic heterocycles. The van der Waals surface area contributed by atoms with E-state index in [0.717, 1.165) is 19.6 Å². The number of rotatable bonds is 9. The van der Waals surface area contributed by atoms with Crippen LogP contribution in [0, 0.1) is 5.41 Å². The number of nitrogens with zero attached hydrogens (tertiary/aromatic N) is 1. The van der Waals surface area contributed by atoms with Crippen molar-refractivity contribution in [3.8, 4) is 0 Å². The van der Waals surface area contributed by atoms with Gasteiger partial charge in [0, 0.05) is 39.6 Å². The molecule has 1 saturated carbocycles.